The molecule has 1 saturated carbocycles. The summed E-state index contributed by atoms with van der Waals surface area (Å²) >= 11 is 0. The molecule has 1 aliphatic rings. The zero-order chi connectivity index (χ0) is 12.3. The summed E-state index contributed by atoms with van der Waals surface area (Å²) in [6, 6.07) is 8.24. The summed E-state index contributed by atoms with van der Waals surface area (Å²) in [4.78, 5) is 0. The van der Waals surface area contributed by atoms with Gasteiger partial charge in [0, 0.05) is 6.04 Å². The summed E-state index contributed by atoms with van der Waals surface area (Å²) in [6.07, 6.45) is 3.67. The van der Waals surface area contributed by atoms with Crippen molar-refractivity contribution in [1.29, 1.82) is 5.26 Å². The average molecular weight is 230 g/mol. The van der Waals surface area contributed by atoms with Crippen molar-refractivity contribution in [3.8, 4) is 11.8 Å². The van der Waals surface area contributed by atoms with Crippen LogP contribution in [-0.2, 0) is 0 Å². The highest BCUT2D eigenvalue weighted by Crippen LogP contribution is 2.38. The maximum absolute atomic E-state index is 9.13. The second kappa shape index (κ2) is 5.09. The molecule has 0 saturated heterocycles. The fourth-order valence-corrected chi connectivity index (χ4v) is 2.18. The Morgan fingerprint density at radius 2 is 2.29 bits per heavy atom. The van der Waals surface area contributed by atoms with Gasteiger partial charge in [-0.05, 0) is 37.3 Å². The number of rotatable bonds is 5. The maximum Gasteiger partial charge on any atom is 0.143 e. The van der Waals surface area contributed by atoms with Crippen LogP contribution in [0.1, 0.15) is 31.7 Å². The van der Waals surface area contributed by atoms with Crippen LogP contribution >= 0.6 is 0 Å². The Bertz CT molecular complexity index is 432. The molecule has 1 fully saturated rings. The van der Waals surface area contributed by atoms with Gasteiger partial charge >= 0.3 is 0 Å². The van der Waals surface area contributed by atoms with Crippen LogP contribution in [0, 0.1) is 17.2 Å². The molecule has 0 heterocycles. The van der Waals surface area contributed by atoms with Crippen LogP contribution in [0.4, 0.5) is 5.69 Å². The Kier molecular flexibility index (Phi) is 3.53. The predicted molar refractivity (Wildman–Crippen MR) is 68.1 cm³/mol. The molecule has 1 N–H and O–H groups in total. The highest BCUT2D eigenvalue weighted by Gasteiger charge is 2.30. The number of hydrogen-bond donors (Lipinski definition) is 1. The lowest BCUT2D eigenvalue weighted by atomic mass is 10.1. The number of nitrogens with zero attached hydrogens (tertiary/aromatic N) is 1. The van der Waals surface area contributed by atoms with Crippen LogP contribution in [0.25, 0.3) is 0 Å². The van der Waals surface area contributed by atoms with E-state index in [-0.39, 0.29) is 0 Å². The lowest BCUT2D eigenvalue weighted by Crippen LogP contribution is -2.21. The van der Waals surface area contributed by atoms with E-state index < -0.39 is 0 Å². The molecular weight excluding hydrogens is 212 g/mol. The molecule has 1 aliphatic carbocycles. The normalized spacial score (nSPS) is 16.1. The van der Waals surface area contributed by atoms with Crippen molar-refractivity contribution in [1.82, 2.24) is 0 Å². The number of benzene rings is 1. The van der Waals surface area contributed by atoms with E-state index >= 15 is 0 Å². The summed E-state index contributed by atoms with van der Waals surface area (Å²) < 4.78 is 5.32. The maximum atomic E-state index is 9.13. The first kappa shape index (κ1) is 11.8. The molecule has 0 bridgehead atoms. The number of para-hydroxylation sites is 1. The van der Waals surface area contributed by atoms with Crippen LogP contribution in [0.5, 0.6) is 5.75 Å². The van der Waals surface area contributed by atoms with Gasteiger partial charge in [-0.15, -0.1) is 0 Å². The number of hydrogen-bond acceptors (Lipinski definition) is 3. The molecule has 90 valence electrons. The van der Waals surface area contributed by atoms with E-state index in [2.05, 4.69) is 18.3 Å². The minimum atomic E-state index is 0.457. The first-order valence-electron chi connectivity index (χ1n) is 6.13. The largest absolute Gasteiger partial charge is 0.495 e. The monoisotopic (exact) mass is 230 g/mol. The molecule has 1 aromatic carbocycles. The highest BCUT2D eigenvalue weighted by atomic mass is 16.5. The summed E-state index contributed by atoms with van der Waals surface area (Å²) in [7, 11) is 1.64. The van der Waals surface area contributed by atoms with E-state index in [1.165, 1.54) is 12.8 Å². The van der Waals surface area contributed by atoms with Gasteiger partial charge in [-0.1, -0.05) is 13.0 Å². The van der Waals surface area contributed by atoms with E-state index in [1.807, 2.05) is 18.2 Å². The second-order valence-corrected chi connectivity index (χ2v) is 4.49. The minimum Gasteiger partial charge on any atom is -0.495 e. The third-order valence-electron chi connectivity index (χ3n) is 3.33. The van der Waals surface area contributed by atoms with Crippen molar-refractivity contribution >= 4 is 5.69 Å². The third-order valence-corrected chi connectivity index (χ3v) is 3.33. The van der Waals surface area contributed by atoms with Crippen LogP contribution in [-0.4, -0.2) is 13.2 Å². The van der Waals surface area contributed by atoms with Crippen molar-refractivity contribution in [3.05, 3.63) is 23.8 Å². The van der Waals surface area contributed by atoms with Crippen LogP contribution in [0.2, 0.25) is 0 Å². The molecule has 1 atom stereocenters. The quantitative estimate of drug-likeness (QED) is 0.845. The third kappa shape index (κ3) is 2.52. The highest BCUT2D eigenvalue weighted by molar-refractivity contribution is 5.66. The Morgan fingerprint density at radius 3 is 2.82 bits per heavy atom. The van der Waals surface area contributed by atoms with Crippen LogP contribution in [0.15, 0.2) is 18.2 Å². The van der Waals surface area contributed by atoms with Gasteiger partial charge in [0.1, 0.15) is 11.8 Å². The molecular formula is C14H18N2O. The topological polar surface area (TPSA) is 45.0 Å². The first-order chi connectivity index (χ1) is 8.30. The van der Waals surface area contributed by atoms with Gasteiger partial charge in [0.15, 0.2) is 0 Å². The van der Waals surface area contributed by atoms with Crippen molar-refractivity contribution < 1.29 is 4.74 Å². The van der Waals surface area contributed by atoms with Gasteiger partial charge in [0.25, 0.3) is 0 Å². The molecule has 0 radical (unpaired) electrons. The van der Waals surface area contributed by atoms with Crippen LogP contribution in [0.3, 0.4) is 0 Å². The van der Waals surface area contributed by atoms with E-state index in [9.17, 15) is 0 Å². The molecule has 2 rings (SSSR count). The zero-order valence-electron chi connectivity index (χ0n) is 10.4. The summed E-state index contributed by atoms with van der Waals surface area (Å²) in [5.74, 6) is 1.51. The molecule has 0 aliphatic heterocycles. The molecule has 1 aromatic rings. The number of nitriles is 1. The Balaban J connectivity index is 2.26. The number of nitrogens with one attached hydrogen (secondary N) is 1. The van der Waals surface area contributed by atoms with Gasteiger partial charge in [-0.3, -0.25) is 0 Å². The lowest BCUT2D eigenvalue weighted by molar-refractivity contribution is 0.415. The standard InChI is InChI=1S/C14H18N2O/c1-3-12(10-7-8-10)16-14-11(9-15)5-4-6-13(14)17-2/h4-6,10,12,16H,3,7-8H2,1-2H3. The molecule has 3 nitrogen and oxygen atoms in total. The Hall–Kier alpha value is -1.69. The van der Waals surface area contributed by atoms with Gasteiger partial charge < -0.3 is 10.1 Å². The first-order valence-corrected chi connectivity index (χ1v) is 6.13. The van der Waals surface area contributed by atoms with E-state index in [4.69, 9.17) is 10.00 Å². The second-order valence-electron chi connectivity index (χ2n) is 4.49. The van der Waals surface area contributed by atoms with Gasteiger partial charge in [-0.2, -0.15) is 5.26 Å². The number of methoxy groups -OCH3 is 1. The van der Waals surface area contributed by atoms with Gasteiger partial charge in [-0.25, -0.2) is 0 Å². The van der Waals surface area contributed by atoms with E-state index in [0.29, 0.717) is 11.6 Å². The SMILES string of the molecule is CCC(Nc1c(C#N)cccc1OC)C1CC1. The van der Waals surface area contributed by atoms with Gasteiger partial charge in [0.2, 0.25) is 0 Å². The summed E-state index contributed by atoms with van der Waals surface area (Å²) in [5, 5.41) is 12.6. The van der Waals surface area contributed by atoms with Crippen molar-refractivity contribution in [2.75, 3.05) is 12.4 Å². The molecule has 0 amide bonds. The van der Waals surface area contributed by atoms with Crippen molar-refractivity contribution in [2.24, 2.45) is 5.92 Å². The molecule has 1 unspecified atom stereocenters. The van der Waals surface area contributed by atoms with E-state index in [1.54, 1.807) is 7.11 Å². The van der Waals surface area contributed by atoms with Gasteiger partial charge in [0.05, 0.1) is 18.4 Å². The molecule has 0 spiro atoms. The fraction of sp³-hybridized carbons (Fsp3) is 0.500. The predicted octanol–water partition coefficient (Wildman–Crippen LogP) is 3.17. The average Bonchev–Trinajstić information content (AvgIpc) is 3.19. The Morgan fingerprint density at radius 1 is 1.53 bits per heavy atom. The number of anilines is 1. The van der Waals surface area contributed by atoms with Crippen molar-refractivity contribution in [3.63, 3.8) is 0 Å². The molecule has 0 aromatic heterocycles. The molecule has 17 heavy (non-hydrogen) atoms. The minimum absolute atomic E-state index is 0.457. The number of ether oxygens (including phenoxy) is 1. The van der Waals surface area contributed by atoms with E-state index in [0.717, 1.165) is 23.8 Å². The smallest absolute Gasteiger partial charge is 0.143 e. The fourth-order valence-electron chi connectivity index (χ4n) is 2.18. The molecule has 3 heteroatoms. The lowest BCUT2D eigenvalue weighted by Gasteiger charge is -2.20. The zero-order valence-corrected chi connectivity index (χ0v) is 10.4. The Labute approximate surface area is 102 Å². The van der Waals surface area contributed by atoms with Crippen molar-refractivity contribution in [2.45, 2.75) is 32.2 Å². The summed E-state index contributed by atoms with van der Waals surface area (Å²) in [5.41, 5.74) is 1.50. The summed E-state index contributed by atoms with van der Waals surface area (Å²) in [6.45, 7) is 2.18. The van der Waals surface area contributed by atoms with Crippen LogP contribution < -0.4 is 10.1 Å².